The van der Waals surface area contributed by atoms with Crippen LogP contribution in [0.2, 0.25) is 0 Å². The average molecular weight is 400 g/mol. The van der Waals surface area contributed by atoms with Gasteiger partial charge in [0.05, 0.1) is 18.2 Å². The maximum absolute atomic E-state index is 13.3. The largest absolute Gasteiger partial charge is 0.473 e. The molecule has 1 atom stereocenters. The fourth-order valence-corrected chi connectivity index (χ4v) is 3.28. The van der Waals surface area contributed by atoms with Gasteiger partial charge in [0, 0.05) is 0 Å². The Balaban J connectivity index is 0.000000438. The maximum Gasteiger partial charge on any atom is 0.414 e. The van der Waals surface area contributed by atoms with Crippen LogP contribution in [0.1, 0.15) is 35.1 Å². The lowest BCUT2D eigenvalue weighted by atomic mass is 9.81. The second-order valence-corrected chi connectivity index (χ2v) is 6.42. The molecule has 0 saturated heterocycles. The van der Waals surface area contributed by atoms with Crippen molar-refractivity contribution < 1.29 is 28.9 Å². The average Bonchev–Trinajstić information content (AvgIpc) is 3.08. The Hall–Kier alpha value is -3.28. The molecule has 1 heterocycles. The number of halogens is 1. The Kier molecular flexibility index (Phi) is 7.42. The van der Waals surface area contributed by atoms with Crippen LogP contribution < -0.4 is 5.32 Å². The molecule has 0 amide bonds. The zero-order valence-electron chi connectivity index (χ0n) is 15.8. The van der Waals surface area contributed by atoms with Gasteiger partial charge in [0.2, 0.25) is 0 Å². The third-order valence-corrected chi connectivity index (χ3v) is 4.59. The molecule has 29 heavy (non-hydrogen) atoms. The molecular weight excluding hydrogens is 379 g/mol. The third-order valence-electron chi connectivity index (χ3n) is 4.59. The van der Waals surface area contributed by atoms with E-state index >= 15 is 0 Å². The van der Waals surface area contributed by atoms with Crippen LogP contribution in [-0.2, 0) is 26.5 Å². The number of nitriles is 1. The van der Waals surface area contributed by atoms with Gasteiger partial charge in [-0.25, -0.2) is 14.0 Å². The quantitative estimate of drug-likeness (QED) is 0.521. The minimum atomic E-state index is -1.82. The highest BCUT2D eigenvalue weighted by atomic mass is 19.1. The number of fused-ring (bicyclic) bond motifs is 1. The first kappa shape index (κ1) is 22.0. The molecule has 152 valence electrons. The molecule has 0 aromatic heterocycles. The summed E-state index contributed by atoms with van der Waals surface area (Å²) in [4.78, 5) is 18.2. The van der Waals surface area contributed by atoms with E-state index in [4.69, 9.17) is 29.8 Å². The van der Waals surface area contributed by atoms with E-state index in [-0.39, 0.29) is 5.82 Å². The molecule has 0 aliphatic carbocycles. The summed E-state index contributed by atoms with van der Waals surface area (Å²) in [6, 6.07) is 14.4. The van der Waals surface area contributed by atoms with E-state index in [1.807, 2.05) is 25.2 Å². The van der Waals surface area contributed by atoms with Crippen molar-refractivity contribution in [3.63, 3.8) is 0 Å². The van der Waals surface area contributed by atoms with Gasteiger partial charge >= 0.3 is 11.9 Å². The van der Waals surface area contributed by atoms with Crippen molar-refractivity contribution in [3.05, 3.63) is 70.5 Å². The van der Waals surface area contributed by atoms with Crippen molar-refractivity contribution in [2.45, 2.75) is 25.0 Å². The molecule has 3 N–H and O–H groups in total. The highest BCUT2D eigenvalue weighted by Crippen LogP contribution is 2.45. The van der Waals surface area contributed by atoms with E-state index < -0.39 is 17.5 Å². The van der Waals surface area contributed by atoms with Gasteiger partial charge in [-0.2, -0.15) is 5.26 Å². The molecule has 2 aromatic carbocycles. The molecule has 1 aliphatic heterocycles. The lowest BCUT2D eigenvalue weighted by molar-refractivity contribution is -0.159. The van der Waals surface area contributed by atoms with E-state index in [0.29, 0.717) is 12.2 Å². The number of benzene rings is 2. The van der Waals surface area contributed by atoms with Crippen molar-refractivity contribution in [2.75, 3.05) is 13.6 Å². The van der Waals surface area contributed by atoms with Crippen molar-refractivity contribution >= 4 is 11.9 Å². The number of nitrogens with zero attached hydrogens (tertiary/aromatic N) is 1. The van der Waals surface area contributed by atoms with Crippen LogP contribution >= 0.6 is 0 Å². The SMILES string of the molecule is CNCCC[C@@]1(c2ccc(F)cc2)OCc2cc(C#N)ccc21.O=C(O)C(=O)O. The van der Waals surface area contributed by atoms with E-state index in [9.17, 15) is 4.39 Å². The van der Waals surface area contributed by atoms with Gasteiger partial charge in [-0.3, -0.25) is 0 Å². The molecule has 0 bridgehead atoms. The number of hydrogen-bond donors (Lipinski definition) is 3. The fraction of sp³-hybridized carbons (Fsp3) is 0.286. The molecule has 0 unspecified atom stereocenters. The summed E-state index contributed by atoms with van der Waals surface area (Å²) < 4.78 is 19.5. The van der Waals surface area contributed by atoms with Gasteiger partial charge in [-0.05, 0) is 67.4 Å². The monoisotopic (exact) mass is 400 g/mol. The molecule has 3 rings (SSSR count). The van der Waals surface area contributed by atoms with Crippen LogP contribution in [0.25, 0.3) is 0 Å². The molecule has 8 heteroatoms. The Morgan fingerprint density at radius 1 is 1.21 bits per heavy atom. The smallest absolute Gasteiger partial charge is 0.414 e. The van der Waals surface area contributed by atoms with Crippen molar-refractivity contribution in [2.24, 2.45) is 0 Å². The second-order valence-electron chi connectivity index (χ2n) is 6.42. The first-order valence-corrected chi connectivity index (χ1v) is 8.88. The van der Waals surface area contributed by atoms with Gasteiger partial charge in [-0.1, -0.05) is 18.2 Å². The van der Waals surface area contributed by atoms with Gasteiger partial charge in [-0.15, -0.1) is 0 Å². The lowest BCUT2D eigenvalue weighted by Crippen LogP contribution is -2.28. The zero-order valence-corrected chi connectivity index (χ0v) is 15.8. The number of ether oxygens (including phenoxy) is 1. The summed E-state index contributed by atoms with van der Waals surface area (Å²) in [7, 11) is 1.92. The summed E-state index contributed by atoms with van der Waals surface area (Å²) in [5, 5.41) is 27.0. The van der Waals surface area contributed by atoms with Crippen molar-refractivity contribution in [1.82, 2.24) is 5.32 Å². The molecule has 0 spiro atoms. The fourth-order valence-electron chi connectivity index (χ4n) is 3.28. The molecular formula is C21H21FN2O5. The summed E-state index contributed by atoms with van der Waals surface area (Å²) in [6.07, 6.45) is 1.74. The first-order chi connectivity index (χ1) is 13.8. The Morgan fingerprint density at radius 2 is 1.86 bits per heavy atom. The van der Waals surface area contributed by atoms with Crippen LogP contribution in [0.5, 0.6) is 0 Å². The molecule has 7 nitrogen and oxygen atoms in total. The second kappa shape index (κ2) is 9.78. The highest BCUT2D eigenvalue weighted by molar-refractivity contribution is 6.27. The molecule has 0 saturated carbocycles. The normalized spacial score (nSPS) is 16.9. The molecule has 0 radical (unpaired) electrons. The van der Waals surface area contributed by atoms with Crippen LogP contribution in [0.15, 0.2) is 42.5 Å². The topological polar surface area (TPSA) is 120 Å². The van der Waals surface area contributed by atoms with Crippen LogP contribution in [0.3, 0.4) is 0 Å². The molecule has 2 aromatic rings. The Bertz CT molecular complexity index is 912. The summed E-state index contributed by atoms with van der Waals surface area (Å²) in [5.41, 5.74) is 3.15. The number of nitrogens with one attached hydrogen (secondary N) is 1. The van der Waals surface area contributed by atoms with Crippen LogP contribution in [-0.4, -0.2) is 35.7 Å². The summed E-state index contributed by atoms with van der Waals surface area (Å²) in [6.45, 7) is 1.36. The predicted molar refractivity (Wildman–Crippen MR) is 102 cm³/mol. The third kappa shape index (κ3) is 5.16. The van der Waals surface area contributed by atoms with E-state index in [1.54, 1.807) is 12.1 Å². The van der Waals surface area contributed by atoms with Crippen molar-refractivity contribution in [1.29, 1.82) is 5.26 Å². The standard InChI is InChI=1S/C19H19FN2O.C2H2O4/c1-22-10-2-9-19(16-4-6-17(20)7-5-16)18-8-3-14(12-21)11-15(18)13-23-19;3-1(4)2(5)6/h3-8,11,22H,2,9-10,13H2,1H3;(H,3,4)(H,5,6)/t19-;/m0./s1. The van der Waals surface area contributed by atoms with E-state index in [1.165, 1.54) is 12.1 Å². The number of aliphatic carboxylic acids is 2. The number of carboxylic acids is 2. The van der Waals surface area contributed by atoms with Crippen LogP contribution in [0.4, 0.5) is 4.39 Å². The van der Waals surface area contributed by atoms with Gasteiger partial charge < -0.3 is 20.3 Å². The number of hydrogen-bond acceptors (Lipinski definition) is 5. The minimum absolute atomic E-state index is 0.253. The molecule has 0 fully saturated rings. The van der Waals surface area contributed by atoms with Gasteiger partial charge in [0.25, 0.3) is 0 Å². The van der Waals surface area contributed by atoms with Crippen LogP contribution in [0, 0.1) is 17.1 Å². The van der Waals surface area contributed by atoms with Crippen molar-refractivity contribution in [3.8, 4) is 6.07 Å². The number of rotatable bonds is 5. The highest BCUT2D eigenvalue weighted by Gasteiger charge is 2.41. The lowest BCUT2D eigenvalue weighted by Gasteiger charge is -2.30. The minimum Gasteiger partial charge on any atom is -0.473 e. The van der Waals surface area contributed by atoms with E-state index in [2.05, 4.69) is 11.4 Å². The van der Waals surface area contributed by atoms with E-state index in [0.717, 1.165) is 36.1 Å². The zero-order chi connectivity index (χ0) is 21.4. The Labute approximate surface area is 167 Å². The van der Waals surface area contributed by atoms with Gasteiger partial charge in [0.1, 0.15) is 11.4 Å². The Morgan fingerprint density at radius 3 is 2.41 bits per heavy atom. The summed E-state index contributed by atoms with van der Waals surface area (Å²) in [5.74, 6) is -3.90. The summed E-state index contributed by atoms with van der Waals surface area (Å²) >= 11 is 0. The maximum atomic E-state index is 13.3. The molecule has 1 aliphatic rings. The number of carboxylic acid groups (broad SMARTS) is 2. The van der Waals surface area contributed by atoms with Gasteiger partial charge in [0.15, 0.2) is 0 Å². The first-order valence-electron chi connectivity index (χ1n) is 8.88. The predicted octanol–water partition coefficient (Wildman–Crippen LogP) is 2.63. The number of carbonyl (C=O) groups is 2.